The highest BCUT2D eigenvalue weighted by molar-refractivity contribution is 5.75. The third-order valence-electron chi connectivity index (χ3n) is 2.29. The fourth-order valence-electron chi connectivity index (χ4n) is 1.50. The van der Waals surface area contributed by atoms with Crippen LogP contribution >= 0.6 is 0 Å². The molecule has 1 heterocycles. The van der Waals surface area contributed by atoms with Gasteiger partial charge in [-0.2, -0.15) is 0 Å². The van der Waals surface area contributed by atoms with E-state index >= 15 is 0 Å². The number of ether oxygens (including phenoxy) is 1. The first-order valence-electron chi connectivity index (χ1n) is 4.18. The van der Waals surface area contributed by atoms with E-state index in [0.717, 1.165) is 5.56 Å². The highest BCUT2D eigenvalue weighted by Gasteiger charge is 2.38. The summed E-state index contributed by atoms with van der Waals surface area (Å²) in [5, 5.41) is 8.74. The van der Waals surface area contributed by atoms with Crippen LogP contribution in [0.5, 0.6) is 0 Å². The Kier molecular flexibility index (Phi) is 2.02. The minimum atomic E-state index is -0.875. The van der Waals surface area contributed by atoms with Crippen molar-refractivity contribution in [2.75, 3.05) is 6.61 Å². The molecule has 0 bridgehead atoms. The maximum Gasteiger partial charge on any atom is 0.333 e. The normalized spacial score (nSPS) is 26.5. The summed E-state index contributed by atoms with van der Waals surface area (Å²) in [5.41, 5.74) is 1.04. The van der Waals surface area contributed by atoms with Crippen LogP contribution in [0.1, 0.15) is 11.5 Å². The summed E-state index contributed by atoms with van der Waals surface area (Å²) < 4.78 is 4.96. The quantitative estimate of drug-likeness (QED) is 0.741. The van der Waals surface area contributed by atoms with Crippen LogP contribution in [-0.4, -0.2) is 23.8 Å². The van der Waals surface area contributed by atoms with Gasteiger partial charge in [0, 0.05) is 5.92 Å². The number of carbonyl (C=O) groups is 1. The Bertz CT molecular complexity index is 307. The van der Waals surface area contributed by atoms with Crippen molar-refractivity contribution >= 4 is 5.97 Å². The summed E-state index contributed by atoms with van der Waals surface area (Å²) in [6.07, 6.45) is -0.651. The minimum Gasteiger partial charge on any atom is -0.479 e. The molecule has 1 aliphatic rings. The van der Waals surface area contributed by atoms with E-state index in [1.165, 1.54) is 0 Å². The van der Waals surface area contributed by atoms with Gasteiger partial charge in [-0.25, -0.2) is 4.79 Å². The zero-order valence-electron chi connectivity index (χ0n) is 7.01. The summed E-state index contributed by atoms with van der Waals surface area (Å²) in [5.74, 6) is -0.848. The van der Waals surface area contributed by atoms with Crippen LogP contribution in [0.25, 0.3) is 0 Å². The van der Waals surface area contributed by atoms with Gasteiger partial charge in [0.1, 0.15) is 0 Å². The second kappa shape index (κ2) is 3.18. The van der Waals surface area contributed by atoms with Gasteiger partial charge in [0.15, 0.2) is 6.10 Å². The highest BCUT2D eigenvalue weighted by Crippen LogP contribution is 2.30. The number of carboxylic acid groups (broad SMARTS) is 1. The van der Waals surface area contributed by atoms with Gasteiger partial charge in [-0.15, -0.1) is 0 Å². The Labute approximate surface area is 76.0 Å². The maximum atomic E-state index is 10.6. The Morgan fingerprint density at radius 1 is 1.38 bits per heavy atom. The molecule has 13 heavy (non-hydrogen) atoms. The van der Waals surface area contributed by atoms with Crippen molar-refractivity contribution in [1.29, 1.82) is 0 Å². The van der Waals surface area contributed by atoms with Crippen LogP contribution in [0.2, 0.25) is 0 Å². The van der Waals surface area contributed by atoms with Crippen molar-refractivity contribution in [2.24, 2.45) is 0 Å². The topological polar surface area (TPSA) is 46.5 Å². The largest absolute Gasteiger partial charge is 0.479 e. The van der Waals surface area contributed by atoms with Crippen LogP contribution in [-0.2, 0) is 9.53 Å². The molecule has 0 saturated carbocycles. The summed E-state index contributed by atoms with van der Waals surface area (Å²) in [7, 11) is 0. The van der Waals surface area contributed by atoms with E-state index in [9.17, 15) is 4.79 Å². The van der Waals surface area contributed by atoms with E-state index in [2.05, 4.69) is 0 Å². The molecule has 2 atom stereocenters. The second-order valence-electron chi connectivity index (χ2n) is 3.11. The number of hydrogen-bond acceptors (Lipinski definition) is 2. The Balaban J connectivity index is 2.15. The molecule has 0 amide bonds. The third-order valence-corrected chi connectivity index (χ3v) is 2.29. The molecule has 0 spiro atoms. The van der Waals surface area contributed by atoms with E-state index in [0.29, 0.717) is 6.61 Å². The Morgan fingerprint density at radius 2 is 2.08 bits per heavy atom. The van der Waals surface area contributed by atoms with Gasteiger partial charge in [-0.1, -0.05) is 30.3 Å². The second-order valence-corrected chi connectivity index (χ2v) is 3.11. The van der Waals surface area contributed by atoms with Crippen LogP contribution in [0.3, 0.4) is 0 Å². The van der Waals surface area contributed by atoms with Crippen molar-refractivity contribution in [3.63, 3.8) is 0 Å². The van der Waals surface area contributed by atoms with E-state index < -0.39 is 12.1 Å². The lowest BCUT2D eigenvalue weighted by Gasteiger charge is -2.33. The van der Waals surface area contributed by atoms with Crippen LogP contribution in [0, 0.1) is 0 Å². The third kappa shape index (κ3) is 1.42. The first kappa shape index (κ1) is 8.26. The van der Waals surface area contributed by atoms with Crippen LogP contribution in [0.15, 0.2) is 30.3 Å². The standard InChI is InChI=1S/C10H10O3/c11-10(12)9-8(6-13-9)7-4-2-1-3-5-7/h1-5,8-9H,6H2,(H,11,12)/t8-,9-/m1/s1. The first-order valence-corrected chi connectivity index (χ1v) is 4.18. The van der Waals surface area contributed by atoms with Gasteiger partial charge in [-0.3, -0.25) is 0 Å². The van der Waals surface area contributed by atoms with E-state index in [-0.39, 0.29) is 5.92 Å². The van der Waals surface area contributed by atoms with E-state index in [4.69, 9.17) is 9.84 Å². The van der Waals surface area contributed by atoms with Gasteiger partial charge in [-0.05, 0) is 5.56 Å². The number of benzene rings is 1. The number of carboxylic acids is 1. The van der Waals surface area contributed by atoms with Crippen molar-refractivity contribution < 1.29 is 14.6 Å². The summed E-state index contributed by atoms with van der Waals surface area (Å²) >= 11 is 0. The predicted octanol–water partition coefficient (Wildman–Crippen LogP) is 1.25. The van der Waals surface area contributed by atoms with Gasteiger partial charge >= 0.3 is 5.97 Å². The van der Waals surface area contributed by atoms with Crippen molar-refractivity contribution in [3.8, 4) is 0 Å². The van der Waals surface area contributed by atoms with Gasteiger partial charge < -0.3 is 9.84 Å². The summed E-state index contributed by atoms with van der Waals surface area (Å²) in [4.78, 5) is 10.6. The molecule has 1 aromatic carbocycles. The molecular formula is C10H10O3. The molecule has 1 fully saturated rings. The molecule has 0 unspecified atom stereocenters. The molecular weight excluding hydrogens is 168 g/mol. The molecule has 3 nitrogen and oxygen atoms in total. The molecule has 0 radical (unpaired) electrons. The summed E-state index contributed by atoms with van der Waals surface area (Å²) in [6.45, 7) is 0.515. The minimum absolute atomic E-state index is 0.0266. The lowest BCUT2D eigenvalue weighted by molar-refractivity contribution is -0.167. The van der Waals surface area contributed by atoms with Crippen LogP contribution < -0.4 is 0 Å². The lowest BCUT2D eigenvalue weighted by Crippen LogP contribution is -2.43. The molecule has 1 N–H and O–H groups in total. The van der Waals surface area contributed by atoms with Crippen molar-refractivity contribution in [2.45, 2.75) is 12.0 Å². The number of hydrogen-bond donors (Lipinski definition) is 1. The zero-order chi connectivity index (χ0) is 9.26. The smallest absolute Gasteiger partial charge is 0.333 e. The lowest BCUT2D eigenvalue weighted by atomic mass is 9.90. The van der Waals surface area contributed by atoms with E-state index in [1.54, 1.807) is 0 Å². The van der Waals surface area contributed by atoms with Crippen LogP contribution in [0.4, 0.5) is 0 Å². The number of aliphatic carboxylic acids is 1. The average Bonchev–Trinajstić information content (AvgIpc) is 2.02. The fraction of sp³-hybridized carbons (Fsp3) is 0.300. The SMILES string of the molecule is O=C(O)[C@@H]1OC[C@@H]1c1ccccc1. The predicted molar refractivity (Wildman–Crippen MR) is 46.6 cm³/mol. The maximum absolute atomic E-state index is 10.6. The molecule has 1 saturated heterocycles. The van der Waals surface area contributed by atoms with Gasteiger partial charge in [0.2, 0.25) is 0 Å². The Hall–Kier alpha value is -1.35. The zero-order valence-corrected chi connectivity index (χ0v) is 7.01. The van der Waals surface area contributed by atoms with Gasteiger partial charge in [0.05, 0.1) is 6.61 Å². The monoisotopic (exact) mass is 178 g/mol. The summed E-state index contributed by atoms with van der Waals surface area (Å²) in [6, 6.07) is 9.60. The molecule has 0 aromatic heterocycles. The number of rotatable bonds is 2. The fourth-order valence-corrected chi connectivity index (χ4v) is 1.50. The van der Waals surface area contributed by atoms with Gasteiger partial charge in [0.25, 0.3) is 0 Å². The molecule has 3 heteroatoms. The Morgan fingerprint density at radius 3 is 2.54 bits per heavy atom. The first-order chi connectivity index (χ1) is 6.29. The highest BCUT2D eigenvalue weighted by atomic mass is 16.5. The van der Waals surface area contributed by atoms with Crippen molar-refractivity contribution in [3.05, 3.63) is 35.9 Å². The molecule has 0 aliphatic carbocycles. The molecule has 2 rings (SSSR count). The van der Waals surface area contributed by atoms with Crippen molar-refractivity contribution in [1.82, 2.24) is 0 Å². The average molecular weight is 178 g/mol. The molecule has 1 aliphatic heterocycles. The van der Waals surface area contributed by atoms with E-state index in [1.807, 2.05) is 30.3 Å². The molecule has 1 aromatic rings. The molecule has 68 valence electrons.